The first kappa shape index (κ1) is 20.8. The summed E-state index contributed by atoms with van der Waals surface area (Å²) in [6.07, 6.45) is 4.21. The van der Waals surface area contributed by atoms with Gasteiger partial charge in [-0.1, -0.05) is 29.8 Å². The van der Waals surface area contributed by atoms with E-state index >= 15 is 0 Å². The van der Waals surface area contributed by atoms with Crippen LogP contribution in [0.2, 0.25) is 0 Å². The molecule has 0 radical (unpaired) electrons. The predicted octanol–water partition coefficient (Wildman–Crippen LogP) is 2.98. The summed E-state index contributed by atoms with van der Waals surface area (Å²) in [5, 5.41) is 6.56. The summed E-state index contributed by atoms with van der Waals surface area (Å²) in [5.41, 5.74) is 1.45. The number of benzene rings is 1. The zero-order valence-corrected chi connectivity index (χ0v) is 16.6. The molecule has 0 atom stereocenters. The standard InChI is InChI=1S/C18H27N3O2.HI/c1-2-19-18(20-11-8-16-9-13-22-14-10-16)21-12-15-23-17-6-4-3-5-7-17;/h3-7,9H,2,8,10-15H2,1H3,(H2,19,20,21);1H. The van der Waals surface area contributed by atoms with Crippen LogP contribution in [-0.2, 0) is 4.74 Å². The molecule has 1 heterocycles. The van der Waals surface area contributed by atoms with Crippen LogP contribution in [-0.4, -0.2) is 45.4 Å². The van der Waals surface area contributed by atoms with Crippen LogP contribution < -0.4 is 15.4 Å². The van der Waals surface area contributed by atoms with Crippen LogP contribution in [0.25, 0.3) is 0 Å². The van der Waals surface area contributed by atoms with Crippen molar-refractivity contribution in [3.05, 3.63) is 42.0 Å². The lowest BCUT2D eigenvalue weighted by molar-refractivity contribution is 0.153. The Hall–Kier alpha value is -1.28. The number of nitrogens with zero attached hydrogens (tertiary/aromatic N) is 1. The van der Waals surface area contributed by atoms with E-state index in [1.165, 1.54) is 5.57 Å². The SMILES string of the molecule is CCNC(=NCCC1=CCOCC1)NCCOc1ccccc1.I. The fourth-order valence-electron chi connectivity index (χ4n) is 2.30. The maximum Gasteiger partial charge on any atom is 0.191 e. The van der Waals surface area contributed by atoms with Crippen LogP contribution in [0.4, 0.5) is 0 Å². The minimum absolute atomic E-state index is 0. The number of halogens is 1. The van der Waals surface area contributed by atoms with Gasteiger partial charge in [-0.05, 0) is 31.9 Å². The van der Waals surface area contributed by atoms with Crippen LogP contribution in [0, 0.1) is 0 Å². The Kier molecular flexibility index (Phi) is 11.3. The molecule has 1 aromatic carbocycles. The summed E-state index contributed by atoms with van der Waals surface area (Å²) >= 11 is 0. The van der Waals surface area contributed by atoms with E-state index in [2.05, 4.69) is 28.6 Å². The summed E-state index contributed by atoms with van der Waals surface area (Å²) in [5.74, 6) is 1.74. The van der Waals surface area contributed by atoms with Gasteiger partial charge >= 0.3 is 0 Å². The van der Waals surface area contributed by atoms with Gasteiger partial charge in [0.15, 0.2) is 5.96 Å². The number of guanidine groups is 1. The molecule has 0 fully saturated rings. The number of hydrogen-bond acceptors (Lipinski definition) is 3. The van der Waals surface area contributed by atoms with Crippen molar-refractivity contribution in [3.63, 3.8) is 0 Å². The molecule has 1 aliphatic heterocycles. The Morgan fingerprint density at radius 3 is 2.79 bits per heavy atom. The molecule has 0 unspecified atom stereocenters. The molecule has 0 saturated heterocycles. The minimum Gasteiger partial charge on any atom is -0.492 e. The van der Waals surface area contributed by atoms with Crippen LogP contribution in [0.1, 0.15) is 19.8 Å². The molecule has 2 rings (SSSR count). The second kappa shape index (κ2) is 13.1. The van der Waals surface area contributed by atoms with Crippen LogP contribution in [0.5, 0.6) is 5.75 Å². The zero-order chi connectivity index (χ0) is 16.2. The third-order valence-electron chi connectivity index (χ3n) is 3.51. The quantitative estimate of drug-likeness (QED) is 0.213. The molecule has 0 bridgehead atoms. The lowest BCUT2D eigenvalue weighted by atomic mass is 10.1. The van der Waals surface area contributed by atoms with Gasteiger partial charge in [0.05, 0.1) is 19.8 Å². The van der Waals surface area contributed by atoms with Gasteiger partial charge in [0, 0.05) is 13.1 Å². The molecule has 0 amide bonds. The van der Waals surface area contributed by atoms with Gasteiger partial charge in [-0.3, -0.25) is 4.99 Å². The van der Waals surface area contributed by atoms with Gasteiger partial charge in [-0.25, -0.2) is 0 Å². The van der Waals surface area contributed by atoms with Gasteiger partial charge in [-0.2, -0.15) is 0 Å². The van der Waals surface area contributed by atoms with E-state index in [1.54, 1.807) is 0 Å². The predicted molar refractivity (Wildman–Crippen MR) is 109 cm³/mol. The van der Waals surface area contributed by atoms with Crippen molar-refractivity contribution in [1.29, 1.82) is 0 Å². The highest BCUT2D eigenvalue weighted by Crippen LogP contribution is 2.11. The van der Waals surface area contributed by atoms with Gasteiger partial charge in [0.2, 0.25) is 0 Å². The Morgan fingerprint density at radius 2 is 2.08 bits per heavy atom. The third-order valence-corrected chi connectivity index (χ3v) is 3.51. The van der Waals surface area contributed by atoms with Crippen LogP contribution in [0.3, 0.4) is 0 Å². The van der Waals surface area contributed by atoms with E-state index in [4.69, 9.17) is 9.47 Å². The summed E-state index contributed by atoms with van der Waals surface area (Å²) in [7, 11) is 0. The van der Waals surface area contributed by atoms with Crippen molar-refractivity contribution >= 4 is 29.9 Å². The second-order valence-electron chi connectivity index (χ2n) is 5.29. The Labute approximate surface area is 161 Å². The number of para-hydroxylation sites is 1. The van der Waals surface area contributed by atoms with E-state index in [9.17, 15) is 0 Å². The largest absolute Gasteiger partial charge is 0.492 e. The van der Waals surface area contributed by atoms with Crippen molar-refractivity contribution in [2.75, 3.05) is 39.5 Å². The molecule has 0 aromatic heterocycles. The Balaban J connectivity index is 0.00000288. The molecule has 24 heavy (non-hydrogen) atoms. The molecule has 5 nitrogen and oxygen atoms in total. The first-order valence-corrected chi connectivity index (χ1v) is 8.34. The molecule has 6 heteroatoms. The first-order valence-electron chi connectivity index (χ1n) is 8.34. The fourth-order valence-corrected chi connectivity index (χ4v) is 2.30. The average Bonchev–Trinajstić information content (AvgIpc) is 2.60. The minimum atomic E-state index is 0. The van der Waals surface area contributed by atoms with E-state index in [-0.39, 0.29) is 24.0 Å². The van der Waals surface area contributed by atoms with Crippen LogP contribution in [0.15, 0.2) is 47.0 Å². The lowest BCUT2D eigenvalue weighted by Gasteiger charge is -2.14. The monoisotopic (exact) mass is 445 g/mol. The molecular weight excluding hydrogens is 417 g/mol. The van der Waals surface area contributed by atoms with Gasteiger partial charge in [-0.15, -0.1) is 24.0 Å². The van der Waals surface area contributed by atoms with Crippen molar-refractivity contribution in [3.8, 4) is 5.75 Å². The Bertz CT molecular complexity index is 506. The highest BCUT2D eigenvalue weighted by Gasteiger charge is 2.03. The maximum atomic E-state index is 5.67. The van der Waals surface area contributed by atoms with E-state index in [0.29, 0.717) is 6.61 Å². The molecule has 2 N–H and O–H groups in total. The average molecular weight is 445 g/mol. The summed E-state index contributed by atoms with van der Waals surface area (Å²) in [6.45, 7) is 6.62. The molecule has 0 aliphatic carbocycles. The smallest absolute Gasteiger partial charge is 0.191 e. The fraction of sp³-hybridized carbons (Fsp3) is 0.500. The van der Waals surface area contributed by atoms with Gasteiger partial charge in [0.1, 0.15) is 12.4 Å². The molecular formula is C18H28IN3O2. The van der Waals surface area contributed by atoms with Crippen molar-refractivity contribution < 1.29 is 9.47 Å². The summed E-state index contributed by atoms with van der Waals surface area (Å²) < 4.78 is 11.0. The Morgan fingerprint density at radius 1 is 1.25 bits per heavy atom. The van der Waals surface area contributed by atoms with E-state index in [0.717, 1.165) is 57.4 Å². The van der Waals surface area contributed by atoms with E-state index in [1.807, 2.05) is 30.3 Å². The van der Waals surface area contributed by atoms with Crippen molar-refractivity contribution in [2.45, 2.75) is 19.8 Å². The number of rotatable bonds is 8. The normalized spacial score (nSPS) is 14.4. The lowest BCUT2D eigenvalue weighted by Crippen LogP contribution is -2.39. The molecule has 0 spiro atoms. The molecule has 134 valence electrons. The van der Waals surface area contributed by atoms with E-state index < -0.39 is 0 Å². The maximum absolute atomic E-state index is 5.67. The number of hydrogen-bond donors (Lipinski definition) is 2. The zero-order valence-electron chi connectivity index (χ0n) is 14.3. The topological polar surface area (TPSA) is 54.9 Å². The molecule has 1 aliphatic rings. The van der Waals surface area contributed by atoms with Crippen LogP contribution >= 0.6 is 24.0 Å². The second-order valence-corrected chi connectivity index (χ2v) is 5.29. The molecule has 0 saturated carbocycles. The number of ether oxygens (including phenoxy) is 2. The van der Waals surface area contributed by atoms with Crippen molar-refractivity contribution in [2.24, 2.45) is 4.99 Å². The highest BCUT2D eigenvalue weighted by molar-refractivity contribution is 14.0. The van der Waals surface area contributed by atoms with Gasteiger partial charge in [0.25, 0.3) is 0 Å². The third kappa shape index (κ3) is 8.54. The number of aliphatic imine (C=N–C) groups is 1. The first-order chi connectivity index (χ1) is 11.4. The van der Waals surface area contributed by atoms with Gasteiger partial charge < -0.3 is 20.1 Å². The summed E-state index contributed by atoms with van der Waals surface area (Å²) in [4.78, 5) is 4.61. The summed E-state index contributed by atoms with van der Waals surface area (Å²) in [6, 6.07) is 9.84. The van der Waals surface area contributed by atoms with Crippen molar-refractivity contribution in [1.82, 2.24) is 10.6 Å². The number of nitrogens with one attached hydrogen (secondary N) is 2. The molecule has 1 aromatic rings. The highest BCUT2D eigenvalue weighted by atomic mass is 127.